The second kappa shape index (κ2) is 6.44. The van der Waals surface area contributed by atoms with Gasteiger partial charge in [-0.1, -0.05) is 0 Å². The first kappa shape index (κ1) is 13.7. The summed E-state index contributed by atoms with van der Waals surface area (Å²) in [5, 5.41) is 15.3. The van der Waals surface area contributed by atoms with Crippen LogP contribution in [0.15, 0.2) is 6.20 Å². The van der Waals surface area contributed by atoms with E-state index in [1.165, 1.54) is 6.20 Å². The molecule has 0 unspecified atom stereocenters. The van der Waals surface area contributed by atoms with E-state index < -0.39 is 5.97 Å². The van der Waals surface area contributed by atoms with Gasteiger partial charge in [-0.3, -0.25) is 4.90 Å². The number of aromatic nitrogens is 2. The van der Waals surface area contributed by atoms with Gasteiger partial charge in [0, 0.05) is 45.5 Å². The molecule has 1 aromatic heterocycles. The van der Waals surface area contributed by atoms with Crippen LogP contribution >= 0.6 is 0 Å². The van der Waals surface area contributed by atoms with Crippen LogP contribution in [0, 0.1) is 6.92 Å². The summed E-state index contributed by atoms with van der Waals surface area (Å²) in [6.45, 7) is 7.54. The Morgan fingerprint density at radius 3 is 2.89 bits per heavy atom. The number of carboxylic acids is 1. The van der Waals surface area contributed by atoms with Gasteiger partial charge in [0.15, 0.2) is 0 Å². The van der Waals surface area contributed by atoms with Crippen LogP contribution in [0.1, 0.15) is 16.1 Å². The summed E-state index contributed by atoms with van der Waals surface area (Å²) in [5.41, 5.74) is 0.625. The van der Waals surface area contributed by atoms with Crippen molar-refractivity contribution in [1.29, 1.82) is 0 Å². The molecule has 0 aromatic carbocycles. The van der Waals surface area contributed by atoms with Crippen molar-refractivity contribution in [3.63, 3.8) is 0 Å². The Bertz CT molecular complexity index is 446. The van der Waals surface area contributed by atoms with Gasteiger partial charge in [0.25, 0.3) is 0 Å². The summed E-state index contributed by atoms with van der Waals surface area (Å²) >= 11 is 0. The summed E-state index contributed by atoms with van der Waals surface area (Å²) in [6, 6.07) is 0. The van der Waals surface area contributed by atoms with Crippen LogP contribution in [0.5, 0.6) is 0 Å². The zero-order valence-corrected chi connectivity index (χ0v) is 11.0. The van der Waals surface area contributed by atoms with E-state index in [1.807, 2.05) is 0 Å². The summed E-state index contributed by atoms with van der Waals surface area (Å²) in [4.78, 5) is 21.4. The highest BCUT2D eigenvalue weighted by atomic mass is 16.4. The van der Waals surface area contributed by atoms with E-state index in [-0.39, 0.29) is 5.56 Å². The normalized spacial score (nSPS) is 16.3. The Labute approximate surface area is 112 Å². The zero-order chi connectivity index (χ0) is 13.7. The van der Waals surface area contributed by atoms with Crippen molar-refractivity contribution >= 4 is 11.9 Å². The third-order valence-corrected chi connectivity index (χ3v) is 3.13. The molecule has 1 saturated heterocycles. The Morgan fingerprint density at radius 2 is 2.26 bits per heavy atom. The SMILES string of the molecule is Cc1nc(NCCN2CCNCC2)ncc1C(=O)O. The number of hydrogen-bond acceptors (Lipinski definition) is 6. The van der Waals surface area contributed by atoms with E-state index in [2.05, 4.69) is 25.5 Å². The van der Waals surface area contributed by atoms with E-state index in [0.717, 1.165) is 39.3 Å². The lowest BCUT2D eigenvalue weighted by Gasteiger charge is -2.27. The quantitative estimate of drug-likeness (QED) is 0.679. The third-order valence-electron chi connectivity index (χ3n) is 3.13. The van der Waals surface area contributed by atoms with Crippen LogP contribution in [0.25, 0.3) is 0 Å². The standard InChI is InChI=1S/C12H19N5O2/c1-9-10(11(18)19)8-15-12(16-9)14-4-7-17-5-2-13-3-6-17/h8,13H,2-7H2,1H3,(H,18,19)(H,14,15,16). The number of carbonyl (C=O) groups is 1. The van der Waals surface area contributed by atoms with Crippen LogP contribution in [0.4, 0.5) is 5.95 Å². The maximum atomic E-state index is 10.8. The highest BCUT2D eigenvalue weighted by Gasteiger charge is 2.11. The summed E-state index contributed by atoms with van der Waals surface area (Å²) in [7, 11) is 0. The number of nitrogens with one attached hydrogen (secondary N) is 2. The van der Waals surface area contributed by atoms with Crippen molar-refractivity contribution < 1.29 is 9.90 Å². The van der Waals surface area contributed by atoms with Gasteiger partial charge in [0.05, 0.1) is 11.3 Å². The van der Waals surface area contributed by atoms with Crippen molar-refractivity contribution in [1.82, 2.24) is 20.2 Å². The minimum Gasteiger partial charge on any atom is -0.478 e. The maximum Gasteiger partial charge on any atom is 0.339 e. The maximum absolute atomic E-state index is 10.8. The van der Waals surface area contributed by atoms with Gasteiger partial charge in [0.2, 0.25) is 5.95 Å². The summed E-state index contributed by atoms with van der Waals surface area (Å²) < 4.78 is 0. The number of carboxylic acid groups (broad SMARTS) is 1. The van der Waals surface area contributed by atoms with E-state index in [1.54, 1.807) is 6.92 Å². The van der Waals surface area contributed by atoms with Crippen LogP contribution in [-0.4, -0.2) is 65.2 Å². The highest BCUT2D eigenvalue weighted by molar-refractivity contribution is 5.88. The van der Waals surface area contributed by atoms with Crippen molar-refractivity contribution in [2.45, 2.75) is 6.92 Å². The molecular weight excluding hydrogens is 246 g/mol. The molecule has 2 heterocycles. The molecule has 0 spiro atoms. The van der Waals surface area contributed by atoms with E-state index in [4.69, 9.17) is 5.11 Å². The molecule has 0 radical (unpaired) electrons. The van der Waals surface area contributed by atoms with Crippen molar-refractivity contribution in [2.75, 3.05) is 44.6 Å². The van der Waals surface area contributed by atoms with Crippen molar-refractivity contribution in [3.8, 4) is 0 Å². The number of rotatable bonds is 5. The zero-order valence-electron chi connectivity index (χ0n) is 11.0. The molecule has 3 N–H and O–H groups in total. The van der Waals surface area contributed by atoms with E-state index >= 15 is 0 Å². The summed E-state index contributed by atoms with van der Waals surface area (Å²) in [6.07, 6.45) is 1.35. The van der Waals surface area contributed by atoms with Gasteiger partial charge in [-0.2, -0.15) is 0 Å². The average Bonchev–Trinajstić information content (AvgIpc) is 2.39. The monoisotopic (exact) mass is 265 g/mol. The fraction of sp³-hybridized carbons (Fsp3) is 0.583. The summed E-state index contributed by atoms with van der Waals surface area (Å²) in [5.74, 6) is -0.512. The van der Waals surface area contributed by atoms with Crippen molar-refractivity contribution in [3.05, 3.63) is 17.5 Å². The predicted octanol–water partition coefficient (Wildman–Crippen LogP) is -0.200. The number of aromatic carboxylic acids is 1. The Kier molecular flexibility index (Phi) is 4.64. The third kappa shape index (κ3) is 3.87. The van der Waals surface area contributed by atoms with Crippen LogP contribution in [-0.2, 0) is 0 Å². The molecule has 0 aliphatic carbocycles. The molecule has 0 atom stereocenters. The smallest absolute Gasteiger partial charge is 0.339 e. The second-order valence-corrected chi connectivity index (χ2v) is 4.52. The fourth-order valence-corrected chi connectivity index (χ4v) is 2.02. The molecule has 1 aromatic rings. The molecule has 1 aliphatic heterocycles. The van der Waals surface area contributed by atoms with Gasteiger partial charge in [-0.05, 0) is 6.92 Å². The number of hydrogen-bond donors (Lipinski definition) is 3. The average molecular weight is 265 g/mol. The number of piperazine rings is 1. The molecule has 19 heavy (non-hydrogen) atoms. The molecule has 0 amide bonds. The number of anilines is 1. The molecule has 7 nitrogen and oxygen atoms in total. The lowest BCUT2D eigenvalue weighted by atomic mass is 10.2. The van der Waals surface area contributed by atoms with Crippen LogP contribution in [0.3, 0.4) is 0 Å². The number of nitrogens with zero attached hydrogens (tertiary/aromatic N) is 3. The van der Waals surface area contributed by atoms with Crippen LogP contribution < -0.4 is 10.6 Å². The largest absolute Gasteiger partial charge is 0.478 e. The number of aryl methyl sites for hydroxylation is 1. The van der Waals surface area contributed by atoms with Gasteiger partial charge in [0.1, 0.15) is 0 Å². The second-order valence-electron chi connectivity index (χ2n) is 4.52. The predicted molar refractivity (Wildman–Crippen MR) is 71.5 cm³/mol. The van der Waals surface area contributed by atoms with E-state index in [0.29, 0.717) is 11.6 Å². The lowest BCUT2D eigenvalue weighted by Crippen LogP contribution is -2.45. The molecule has 0 bridgehead atoms. The van der Waals surface area contributed by atoms with Crippen LogP contribution in [0.2, 0.25) is 0 Å². The lowest BCUT2D eigenvalue weighted by molar-refractivity contribution is 0.0695. The van der Waals surface area contributed by atoms with Crippen molar-refractivity contribution in [2.24, 2.45) is 0 Å². The van der Waals surface area contributed by atoms with Gasteiger partial charge in [-0.25, -0.2) is 14.8 Å². The first-order chi connectivity index (χ1) is 9.16. The first-order valence-corrected chi connectivity index (χ1v) is 6.40. The molecular formula is C12H19N5O2. The van der Waals surface area contributed by atoms with Gasteiger partial charge in [-0.15, -0.1) is 0 Å². The molecule has 0 saturated carbocycles. The highest BCUT2D eigenvalue weighted by Crippen LogP contribution is 2.06. The first-order valence-electron chi connectivity index (χ1n) is 6.40. The molecule has 7 heteroatoms. The van der Waals surface area contributed by atoms with Gasteiger partial charge >= 0.3 is 5.97 Å². The Balaban J connectivity index is 1.82. The Morgan fingerprint density at radius 1 is 1.53 bits per heavy atom. The Hall–Kier alpha value is -1.73. The molecule has 104 valence electrons. The molecule has 1 fully saturated rings. The minimum absolute atomic E-state index is 0.146. The molecule has 2 rings (SSSR count). The topological polar surface area (TPSA) is 90.4 Å². The van der Waals surface area contributed by atoms with Gasteiger partial charge < -0.3 is 15.7 Å². The molecule has 1 aliphatic rings. The minimum atomic E-state index is -0.995. The fourth-order valence-electron chi connectivity index (χ4n) is 2.02. The van der Waals surface area contributed by atoms with E-state index in [9.17, 15) is 4.79 Å².